The number of carbonyl (C=O) groups is 3. The summed E-state index contributed by atoms with van der Waals surface area (Å²) in [5.41, 5.74) is 12.1. The molecule has 0 radical (unpaired) electrons. The van der Waals surface area contributed by atoms with Crippen molar-refractivity contribution >= 4 is 28.5 Å². The van der Waals surface area contributed by atoms with Gasteiger partial charge in [0.05, 0.1) is 6.61 Å². The zero-order chi connectivity index (χ0) is 28.7. The summed E-state index contributed by atoms with van der Waals surface area (Å²) >= 11 is 0. The van der Waals surface area contributed by atoms with Gasteiger partial charge in [-0.05, 0) is 41.8 Å². The van der Waals surface area contributed by atoms with E-state index in [4.69, 9.17) is 16.2 Å². The Morgan fingerprint density at radius 3 is 2.18 bits per heavy atom. The van der Waals surface area contributed by atoms with Gasteiger partial charge in [0.15, 0.2) is 0 Å². The van der Waals surface area contributed by atoms with Gasteiger partial charge in [-0.25, -0.2) is 4.39 Å². The lowest BCUT2D eigenvalue weighted by molar-refractivity contribution is -0.149. The Bertz CT molecular complexity index is 1320. The second-order valence-electron chi connectivity index (χ2n) is 10.6. The lowest BCUT2D eigenvalue weighted by Crippen LogP contribution is -2.55. The number of halogens is 1. The number of rotatable bonds is 12. The average molecular weight is 537 g/mol. The molecule has 0 spiro atoms. The first-order valence-electron chi connectivity index (χ1n) is 12.8. The molecule has 2 atom stereocenters. The Labute approximate surface area is 228 Å². The summed E-state index contributed by atoms with van der Waals surface area (Å²) in [5, 5.41) is 2.04. The van der Waals surface area contributed by atoms with Crippen LogP contribution in [0.15, 0.2) is 66.7 Å². The summed E-state index contributed by atoms with van der Waals surface area (Å²) in [4.78, 5) is 41.9. The summed E-state index contributed by atoms with van der Waals surface area (Å²) in [6, 6.07) is 17.6. The first-order chi connectivity index (χ1) is 18.4. The molecule has 0 aromatic heterocycles. The van der Waals surface area contributed by atoms with Gasteiger partial charge in [0.25, 0.3) is 0 Å². The minimum atomic E-state index is -1.12. The van der Waals surface area contributed by atoms with Crippen LogP contribution in [-0.2, 0) is 32.0 Å². The third-order valence-electron chi connectivity index (χ3n) is 6.60. The molecule has 39 heavy (non-hydrogen) atoms. The maximum Gasteiger partial charge on any atom is 0.249 e. The van der Waals surface area contributed by atoms with Crippen molar-refractivity contribution in [2.75, 3.05) is 27.3 Å². The van der Waals surface area contributed by atoms with E-state index in [1.807, 2.05) is 42.5 Å². The second-order valence-corrected chi connectivity index (χ2v) is 10.6. The van der Waals surface area contributed by atoms with Crippen LogP contribution >= 0.6 is 0 Å². The fourth-order valence-corrected chi connectivity index (χ4v) is 4.35. The van der Waals surface area contributed by atoms with E-state index in [9.17, 15) is 18.8 Å². The molecule has 3 amide bonds. The summed E-state index contributed by atoms with van der Waals surface area (Å²) in [7, 11) is 2.96. The molecular formula is C30H37FN4O4. The zero-order valence-corrected chi connectivity index (χ0v) is 22.9. The van der Waals surface area contributed by atoms with Crippen LogP contribution in [0, 0.1) is 5.82 Å². The monoisotopic (exact) mass is 536 g/mol. The molecule has 9 heteroatoms. The molecule has 0 unspecified atom stereocenters. The predicted molar refractivity (Wildman–Crippen MR) is 149 cm³/mol. The van der Waals surface area contributed by atoms with E-state index in [-0.39, 0.29) is 31.6 Å². The van der Waals surface area contributed by atoms with Gasteiger partial charge in [-0.2, -0.15) is 0 Å². The van der Waals surface area contributed by atoms with Crippen molar-refractivity contribution in [2.24, 2.45) is 11.5 Å². The summed E-state index contributed by atoms with van der Waals surface area (Å²) < 4.78 is 19.9. The third-order valence-corrected chi connectivity index (χ3v) is 6.60. The number of amides is 3. The number of nitrogens with two attached hydrogens (primary N) is 2. The van der Waals surface area contributed by atoms with Crippen LogP contribution < -0.4 is 11.5 Å². The maximum absolute atomic E-state index is 14.4. The third kappa shape index (κ3) is 8.08. The van der Waals surface area contributed by atoms with Gasteiger partial charge in [0.1, 0.15) is 24.5 Å². The van der Waals surface area contributed by atoms with Crippen LogP contribution in [0.3, 0.4) is 0 Å². The average Bonchev–Trinajstić information content (AvgIpc) is 2.89. The van der Waals surface area contributed by atoms with E-state index in [1.54, 1.807) is 32.0 Å². The molecule has 4 N–H and O–H groups in total. The molecule has 0 saturated carbocycles. The van der Waals surface area contributed by atoms with Crippen molar-refractivity contribution in [3.63, 3.8) is 0 Å². The maximum atomic E-state index is 14.4. The molecule has 0 aliphatic carbocycles. The van der Waals surface area contributed by atoms with Gasteiger partial charge in [0, 0.05) is 32.5 Å². The molecule has 0 heterocycles. The van der Waals surface area contributed by atoms with Crippen LogP contribution in [-0.4, -0.2) is 72.5 Å². The first-order valence-corrected chi connectivity index (χ1v) is 12.8. The van der Waals surface area contributed by atoms with Crippen molar-refractivity contribution in [1.29, 1.82) is 0 Å². The summed E-state index contributed by atoms with van der Waals surface area (Å²) in [6.45, 7) is 3.45. The van der Waals surface area contributed by atoms with Crippen molar-refractivity contribution in [1.82, 2.24) is 9.80 Å². The van der Waals surface area contributed by atoms with Gasteiger partial charge in [0.2, 0.25) is 17.7 Å². The summed E-state index contributed by atoms with van der Waals surface area (Å²) in [5.74, 6) is -2.19. The molecule has 0 bridgehead atoms. The number of primary amides is 1. The molecule has 0 aliphatic rings. The van der Waals surface area contributed by atoms with E-state index in [0.29, 0.717) is 0 Å². The van der Waals surface area contributed by atoms with Crippen LogP contribution in [0.5, 0.6) is 0 Å². The molecule has 0 aliphatic heterocycles. The number of nitrogens with zero attached hydrogens (tertiary/aromatic N) is 2. The number of carbonyl (C=O) groups excluding carboxylic acids is 3. The van der Waals surface area contributed by atoms with E-state index in [2.05, 4.69) is 0 Å². The Hall–Kier alpha value is -3.82. The highest BCUT2D eigenvalue weighted by Crippen LogP contribution is 2.20. The zero-order valence-electron chi connectivity index (χ0n) is 22.9. The fraction of sp³-hybridized carbons (Fsp3) is 0.367. The van der Waals surface area contributed by atoms with E-state index in [0.717, 1.165) is 16.3 Å². The Balaban J connectivity index is 1.89. The van der Waals surface area contributed by atoms with Crippen LogP contribution in [0.4, 0.5) is 4.39 Å². The van der Waals surface area contributed by atoms with E-state index in [1.165, 1.54) is 30.0 Å². The second kappa shape index (κ2) is 12.8. The molecule has 0 fully saturated rings. The number of benzene rings is 3. The number of fused-ring (bicyclic) bond motifs is 1. The SMILES string of the molecule is CN(C(=O)COCC(C)(C)N)[C@H](Cc1ccc2ccccc2c1)C(=O)N(C)[C@H](Cc1ccccc1F)C(N)=O. The minimum Gasteiger partial charge on any atom is -0.370 e. The lowest BCUT2D eigenvalue weighted by atomic mass is 9.98. The normalized spacial score (nSPS) is 13.1. The molecule has 208 valence electrons. The molecule has 8 nitrogen and oxygen atoms in total. The summed E-state index contributed by atoms with van der Waals surface area (Å²) in [6.07, 6.45) is 0.0864. The highest BCUT2D eigenvalue weighted by molar-refractivity contribution is 5.92. The molecule has 0 saturated heterocycles. The molecular weight excluding hydrogens is 499 g/mol. The Morgan fingerprint density at radius 2 is 1.54 bits per heavy atom. The van der Waals surface area contributed by atoms with Crippen LogP contribution in [0.25, 0.3) is 10.8 Å². The van der Waals surface area contributed by atoms with Gasteiger partial charge in [-0.3, -0.25) is 14.4 Å². The van der Waals surface area contributed by atoms with Crippen molar-refractivity contribution in [2.45, 2.75) is 44.3 Å². The number of hydrogen-bond acceptors (Lipinski definition) is 5. The van der Waals surface area contributed by atoms with Gasteiger partial charge in [-0.1, -0.05) is 60.7 Å². The van der Waals surface area contributed by atoms with E-state index < -0.39 is 41.2 Å². The molecule has 3 aromatic carbocycles. The predicted octanol–water partition coefficient (Wildman–Crippen LogP) is 2.66. The fourth-order valence-electron chi connectivity index (χ4n) is 4.35. The van der Waals surface area contributed by atoms with E-state index >= 15 is 0 Å². The Morgan fingerprint density at radius 1 is 0.897 bits per heavy atom. The van der Waals surface area contributed by atoms with Crippen LogP contribution in [0.1, 0.15) is 25.0 Å². The quantitative estimate of drug-likeness (QED) is 0.369. The van der Waals surface area contributed by atoms with Crippen molar-refractivity contribution in [3.8, 4) is 0 Å². The largest absolute Gasteiger partial charge is 0.370 e. The topological polar surface area (TPSA) is 119 Å². The van der Waals surface area contributed by atoms with Crippen molar-refractivity contribution in [3.05, 3.63) is 83.7 Å². The minimum absolute atomic E-state index is 0.0979. The number of likely N-dealkylation sites (N-methyl/N-ethyl adjacent to an activating group) is 2. The van der Waals surface area contributed by atoms with Gasteiger partial charge >= 0.3 is 0 Å². The first kappa shape index (κ1) is 29.7. The number of ether oxygens (including phenoxy) is 1. The smallest absolute Gasteiger partial charge is 0.249 e. The molecule has 3 rings (SSSR count). The standard InChI is InChI=1S/C30H37FN4O4/c1-30(2,33)19-39-18-27(36)34(3)26(16-20-13-14-21-9-5-6-10-22(21)15-20)29(38)35(4)25(28(32)37)17-23-11-7-8-12-24(23)31/h5-15,25-26H,16-19,33H2,1-4H3,(H2,32,37)/t25-,26-/m1/s1. The number of hydrogen-bond donors (Lipinski definition) is 2. The highest BCUT2D eigenvalue weighted by atomic mass is 19.1. The van der Waals surface area contributed by atoms with Crippen molar-refractivity contribution < 1.29 is 23.5 Å². The van der Waals surface area contributed by atoms with Gasteiger partial charge in [-0.15, -0.1) is 0 Å². The Kier molecular flexibility index (Phi) is 9.77. The van der Waals surface area contributed by atoms with Crippen LogP contribution in [0.2, 0.25) is 0 Å². The highest BCUT2D eigenvalue weighted by Gasteiger charge is 2.35. The van der Waals surface area contributed by atoms with Gasteiger partial charge < -0.3 is 26.0 Å². The molecule has 3 aromatic rings. The lowest BCUT2D eigenvalue weighted by Gasteiger charge is -2.34.